The second kappa shape index (κ2) is 6.85. The van der Waals surface area contributed by atoms with Gasteiger partial charge in [0.05, 0.1) is 5.75 Å². The van der Waals surface area contributed by atoms with Crippen molar-refractivity contribution in [3.05, 3.63) is 0 Å². The minimum absolute atomic E-state index is 0.0136. The number of nitrogens with one attached hydrogen (secondary N) is 1. The van der Waals surface area contributed by atoms with Crippen molar-refractivity contribution in [3.8, 4) is 12.3 Å². The fourth-order valence-electron chi connectivity index (χ4n) is 1.94. The molecule has 0 aromatic rings. The molecule has 0 spiro atoms. The van der Waals surface area contributed by atoms with Gasteiger partial charge in [-0.2, -0.15) is 0 Å². The molecule has 5 heteroatoms. The first-order valence-corrected chi connectivity index (χ1v) is 7.61. The second-order valence-electron chi connectivity index (χ2n) is 5.70. The zero-order valence-electron chi connectivity index (χ0n) is 11.9. The second-order valence-corrected chi connectivity index (χ2v) is 6.80. The normalized spacial score (nSPS) is 20.7. The average Bonchev–Trinajstić information content (AvgIpc) is 2.46. The van der Waals surface area contributed by atoms with Crippen molar-refractivity contribution >= 4 is 23.6 Å². The lowest BCUT2D eigenvalue weighted by Crippen LogP contribution is -2.52. The molecule has 106 valence electrons. The topological polar surface area (TPSA) is 49.4 Å². The zero-order valence-corrected chi connectivity index (χ0v) is 12.7. The van der Waals surface area contributed by atoms with Gasteiger partial charge in [-0.05, 0) is 5.41 Å². The number of hydrogen-bond acceptors (Lipinski definition) is 3. The fraction of sp³-hybridized carbons (Fsp3) is 0.714. The molecule has 19 heavy (non-hydrogen) atoms. The van der Waals surface area contributed by atoms with E-state index in [2.05, 4.69) is 11.2 Å². The van der Waals surface area contributed by atoms with Crippen molar-refractivity contribution in [3.63, 3.8) is 0 Å². The van der Waals surface area contributed by atoms with E-state index in [1.165, 1.54) is 0 Å². The molecule has 2 amide bonds. The third-order valence-electron chi connectivity index (χ3n) is 3.03. The molecular weight excluding hydrogens is 260 g/mol. The number of terminal acetylenes is 1. The number of carbonyl (C=O) groups is 2. The summed E-state index contributed by atoms with van der Waals surface area (Å²) in [5.74, 6) is 3.99. The Morgan fingerprint density at radius 1 is 1.47 bits per heavy atom. The maximum Gasteiger partial charge on any atom is 0.245 e. The molecule has 0 saturated carbocycles. The summed E-state index contributed by atoms with van der Waals surface area (Å²) in [6.07, 6.45) is 5.56. The van der Waals surface area contributed by atoms with E-state index in [4.69, 9.17) is 6.42 Å². The smallest absolute Gasteiger partial charge is 0.245 e. The van der Waals surface area contributed by atoms with Gasteiger partial charge < -0.3 is 10.2 Å². The summed E-state index contributed by atoms with van der Waals surface area (Å²) in [4.78, 5) is 25.9. The highest BCUT2D eigenvalue weighted by atomic mass is 32.2. The van der Waals surface area contributed by atoms with Crippen LogP contribution in [0.15, 0.2) is 0 Å². The van der Waals surface area contributed by atoms with Gasteiger partial charge in [0.2, 0.25) is 11.8 Å². The first kappa shape index (κ1) is 15.9. The maximum atomic E-state index is 12.5. The lowest BCUT2D eigenvalue weighted by molar-refractivity contribution is -0.136. The number of carbonyl (C=O) groups excluding carboxylic acids is 2. The molecule has 0 aromatic heterocycles. The van der Waals surface area contributed by atoms with Crippen molar-refractivity contribution in [2.45, 2.75) is 33.2 Å². The fourth-order valence-corrected chi connectivity index (χ4v) is 2.55. The van der Waals surface area contributed by atoms with Gasteiger partial charge >= 0.3 is 0 Å². The van der Waals surface area contributed by atoms with E-state index >= 15 is 0 Å². The van der Waals surface area contributed by atoms with Crippen LogP contribution in [-0.2, 0) is 9.59 Å². The summed E-state index contributed by atoms with van der Waals surface area (Å²) < 4.78 is 0. The third-order valence-corrected chi connectivity index (χ3v) is 3.87. The van der Waals surface area contributed by atoms with E-state index in [1.807, 2.05) is 20.8 Å². The van der Waals surface area contributed by atoms with Crippen LogP contribution in [0.5, 0.6) is 0 Å². The van der Waals surface area contributed by atoms with E-state index in [1.54, 1.807) is 16.7 Å². The Balaban J connectivity index is 2.68. The van der Waals surface area contributed by atoms with Crippen LogP contribution in [0.4, 0.5) is 0 Å². The van der Waals surface area contributed by atoms with Gasteiger partial charge in [0.15, 0.2) is 0 Å². The van der Waals surface area contributed by atoms with Gasteiger partial charge in [-0.15, -0.1) is 18.2 Å². The summed E-state index contributed by atoms with van der Waals surface area (Å²) in [5, 5.41) is 2.83. The average molecular weight is 282 g/mol. The summed E-state index contributed by atoms with van der Waals surface area (Å²) in [6.45, 7) is 7.03. The molecule has 1 saturated heterocycles. The van der Waals surface area contributed by atoms with Crippen molar-refractivity contribution < 1.29 is 9.59 Å². The molecule has 1 aliphatic rings. The maximum absolute atomic E-state index is 12.5. The van der Waals surface area contributed by atoms with Crippen LogP contribution in [-0.4, -0.2) is 47.4 Å². The van der Waals surface area contributed by atoms with E-state index < -0.39 is 6.04 Å². The van der Waals surface area contributed by atoms with Gasteiger partial charge in [0, 0.05) is 25.3 Å². The van der Waals surface area contributed by atoms with E-state index in [0.29, 0.717) is 25.3 Å². The molecule has 1 unspecified atom stereocenters. The van der Waals surface area contributed by atoms with Gasteiger partial charge in [0.1, 0.15) is 6.04 Å². The van der Waals surface area contributed by atoms with Crippen LogP contribution >= 0.6 is 11.8 Å². The predicted octanol–water partition coefficient (Wildman–Crippen LogP) is 1.12. The molecule has 1 N–H and O–H groups in total. The molecule has 0 bridgehead atoms. The van der Waals surface area contributed by atoms with Crippen LogP contribution in [0, 0.1) is 17.8 Å². The van der Waals surface area contributed by atoms with Crippen molar-refractivity contribution in [1.29, 1.82) is 0 Å². The van der Waals surface area contributed by atoms with Gasteiger partial charge in [0.25, 0.3) is 0 Å². The summed E-state index contributed by atoms with van der Waals surface area (Å²) in [6, 6.07) is -0.444. The van der Waals surface area contributed by atoms with E-state index in [9.17, 15) is 9.59 Å². The van der Waals surface area contributed by atoms with Crippen LogP contribution in [0.3, 0.4) is 0 Å². The molecule has 1 aliphatic heterocycles. The van der Waals surface area contributed by atoms with Crippen LogP contribution in [0.2, 0.25) is 0 Å². The molecular formula is C14H22N2O2S. The molecule has 4 nitrogen and oxygen atoms in total. The van der Waals surface area contributed by atoms with Gasteiger partial charge in [-0.3, -0.25) is 9.59 Å². The van der Waals surface area contributed by atoms with Crippen molar-refractivity contribution in [2.24, 2.45) is 5.41 Å². The monoisotopic (exact) mass is 282 g/mol. The highest BCUT2D eigenvalue weighted by Gasteiger charge is 2.37. The van der Waals surface area contributed by atoms with Gasteiger partial charge in [-0.25, -0.2) is 0 Å². The lowest BCUT2D eigenvalue weighted by Gasteiger charge is -2.32. The molecule has 1 fully saturated rings. The van der Waals surface area contributed by atoms with Crippen LogP contribution in [0.25, 0.3) is 0 Å². The predicted molar refractivity (Wildman–Crippen MR) is 78.7 cm³/mol. The lowest BCUT2D eigenvalue weighted by atomic mass is 9.86. The molecule has 1 atom stereocenters. The van der Waals surface area contributed by atoms with Crippen LogP contribution in [0.1, 0.15) is 27.2 Å². The van der Waals surface area contributed by atoms with E-state index in [-0.39, 0.29) is 17.2 Å². The Kier molecular flexibility index (Phi) is 5.74. The largest absolute Gasteiger partial charge is 0.344 e. The summed E-state index contributed by atoms with van der Waals surface area (Å²) in [5.41, 5.74) is -0.276. The minimum atomic E-state index is -0.444. The Labute approximate surface area is 119 Å². The van der Waals surface area contributed by atoms with Crippen molar-refractivity contribution in [2.75, 3.05) is 24.6 Å². The number of hydrogen-bond donors (Lipinski definition) is 1. The first-order valence-electron chi connectivity index (χ1n) is 6.45. The standard InChI is InChI=1S/C14H22N2O2S/c1-5-9-19-10-8-16-7-6-11(17)15-12(13(16)18)14(2,3)4/h1,12H,6-10H2,2-4H3,(H,15,17). The van der Waals surface area contributed by atoms with Crippen molar-refractivity contribution in [1.82, 2.24) is 10.2 Å². The number of thioether (sulfide) groups is 1. The molecule has 0 radical (unpaired) electrons. The Morgan fingerprint density at radius 3 is 2.74 bits per heavy atom. The highest BCUT2D eigenvalue weighted by Crippen LogP contribution is 2.23. The van der Waals surface area contributed by atoms with E-state index in [0.717, 1.165) is 5.75 Å². The molecule has 1 heterocycles. The Bertz CT molecular complexity index is 382. The summed E-state index contributed by atoms with van der Waals surface area (Å²) >= 11 is 1.63. The molecule has 0 aromatic carbocycles. The summed E-state index contributed by atoms with van der Waals surface area (Å²) in [7, 11) is 0. The Hall–Kier alpha value is -1.15. The minimum Gasteiger partial charge on any atom is -0.344 e. The SMILES string of the molecule is C#CCSCCN1CCC(=O)NC(C(C)(C)C)C1=O. The number of amides is 2. The molecule has 1 rings (SSSR count). The number of nitrogens with zero attached hydrogens (tertiary/aromatic N) is 1. The quantitative estimate of drug-likeness (QED) is 0.621. The third kappa shape index (κ3) is 4.79. The first-order chi connectivity index (χ1) is 8.86. The Morgan fingerprint density at radius 2 is 2.16 bits per heavy atom. The zero-order chi connectivity index (χ0) is 14.5. The highest BCUT2D eigenvalue weighted by molar-refractivity contribution is 7.99. The number of rotatable bonds is 4. The van der Waals surface area contributed by atoms with Gasteiger partial charge in [-0.1, -0.05) is 26.7 Å². The van der Waals surface area contributed by atoms with Crippen LogP contribution < -0.4 is 5.32 Å². The molecule has 0 aliphatic carbocycles.